The number of likely N-dealkylation sites (tertiary alicyclic amines) is 1. The summed E-state index contributed by atoms with van der Waals surface area (Å²) in [6.45, 7) is 3.28. The van der Waals surface area contributed by atoms with E-state index in [4.69, 9.17) is 5.11 Å². The molecule has 0 amide bonds. The molecule has 1 aliphatic rings. The molecule has 3 nitrogen and oxygen atoms in total. The lowest BCUT2D eigenvalue weighted by Crippen LogP contribution is -2.36. The van der Waals surface area contributed by atoms with Crippen molar-refractivity contribution < 1.29 is 5.11 Å². The summed E-state index contributed by atoms with van der Waals surface area (Å²) in [5, 5.41) is 8.99. The van der Waals surface area contributed by atoms with Gasteiger partial charge in [-0.05, 0) is 31.6 Å². The van der Waals surface area contributed by atoms with Gasteiger partial charge in [0.2, 0.25) is 0 Å². The van der Waals surface area contributed by atoms with E-state index >= 15 is 0 Å². The number of hydrogen-bond acceptors (Lipinski definition) is 3. The molecule has 1 aliphatic heterocycles. The van der Waals surface area contributed by atoms with E-state index in [-0.39, 0.29) is 5.75 Å². The van der Waals surface area contributed by atoms with Gasteiger partial charge in [0.15, 0.2) is 0 Å². The van der Waals surface area contributed by atoms with Gasteiger partial charge in [0.25, 0.3) is 0 Å². The molecule has 0 aromatic carbocycles. The van der Waals surface area contributed by atoms with Gasteiger partial charge < -0.3 is 5.11 Å². The molecule has 0 atom stereocenters. The van der Waals surface area contributed by atoms with Crippen molar-refractivity contribution in [3.63, 3.8) is 0 Å². The Bertz CT molecular complexity index is 254. The van der Waals surface area contributed by atoms with Gasteiger partial charge in [-0.2, -0.15) is 0 Å². The van der Waals surface area contributed by atoms with Crippen LogP contribution in [-0.2, 0) is 6.54 Å². The molecule has 12 heavy (non-hydrogen) atoms. The number of aromatic nitrogens is 1. The Morgan fingerprint density at radius 1 is 1.42 bits per heavy atom. The van der Waals surface area contributed by atoms with E-state index < -0.39 is 0 Å². The third-order valence-electron chi connectivity index (χ3n) is 2.14. The van der Waals surface area contributed by atoms with Crippen LogP contribution in [0.1, 0.15) is 12.1 Å². The zero-order valence-corrected chi connectivity index (χ0v) is 6.90. The van der Waals surface area contributed by atoms with Crippen LogP contribution < -0.4 is 0 Å². The normalized spacial score (nSPS) is 17.3. The third-order valence-corrected chi connectivity index (χ3v) is 2.14. The Hall–Kier alpha value is -1.09. The predicted molar refractivity (Wildman–Crippen MR) is 45.8 cm³/mol. The molecule has 0 aliphatic carbocycles. The van der Waals surface area contributed by atoms with E-state index in [2.05, 4.69) is 9.88 Å². The lowest BCUT2D eigenvalue weighted by atomic mass is 10.2. The molecule has 1 saturated heterocycles. The van der Waals surface area contributed by atoms with E-state index in [9.17, 15) is 0 Å². The second kappa shape index (κ2) is 3.11. The summed E-state index contributed by atoms with van der Waals surface area (Å²) in [4.78, 5) is 6.44. The van der Waals surface area contributed by atoms with Crippen molar-refractivity contribution in [1.29, 1.82) is 0 Å². The van der Waals surface area contributed by atoms with Crippen LogP contribution in [0, 0.1) is 0 Å². The van der Waals surface area contributed by atoms with E-state index in [0.717, 1.165) is 12.2 Å². The van der Waals surface area contributed by atoms with Crippen LogP contribution in [0.15, 0.2) is 18.3 Å². The molecule has 0 spiro atoms. The van der Waals surface area contributed by atoms with Crippen molar-refractivity contribution in [3.05, 3.63) is 24.0 Å². The van der Waals surface area contributed by atoms with Gasteiger partial charge >= 0.3 is 0 Å². The van der Waals surface area contributed by atoms with Crippen LogP contribution in [-0.4, -0.2) is 28.1 Å². The molecule has 2 heterocycles. The SMILES string of the molecule is Oc1ccc(CN2CCC2)nc1. The second-order valence-corrected chi connectivity index (χ2v) is 3.14. The quantitative estimate of drug-likeness (QED) is 0.708. The average Bonchev–Trinajstić information content (AvgIpc) is 2.00. The van der Waals surface area contributed by atoms with Crippen LogP contribution in [0.5, 0.6) is 5.75 Å². The first-order valence-corrected chi connectivity index (χ1v) is 4.21. The van der Waals surface area contributed by atoms with Crippen molar-refractivity contribution >= 4 is 0 Å². The molecule has 64 valence electrons. The number of rotatable bonds is 2. The monoisotopic (exact) mass is 164 g/mol. The van der Waals surface area contributed by atoms with E-state index in [1.54, 1.807) is 6.07 Å². The zero-order valence-electron chi connectivity index (χ0n) is 6.90. The first kappa shape index (κ1) is 7.55. The molecule has 1 aromatic rings. The predicted octanol–water partition coefficient (Wildman–Crippen LogP) is 0.993. The minimum atomic E-state index is 0.238. The maximum absolute atomic E-state index is 8.99. The van der Waals surface area contributed by atoms with Crippen molar-refractivity contribution in [2.45, 2.75) is 13.0 Å². The Labute approximate surface area is 71.7 Å². The van der Waals surface area contributed by atoms with Crippen LogP contribution in [0.3, 0.4) is 0 Å². The Morgan fingerprint density at radius 2 is 2.25 bits per heavy atom. The van der Waals surface area contributed by atoms with Crippen LogP contribution in [0.2, 0.25) is 0 Å². The molecule has 3 heteroatoms. The highest BCUT2D eigenvalue weighted by atomic mass is 16.3. The summed E-state index contributed by atoms with van der Waals surface area (Å²) in [5.74, 6) is 0.238. The fourth-order valence-corrected chi connectivity index (χ4v) is 1.28. The summed E-state index contributed by atoms with van der Waals surface area (Å²) < 4.78 is 0. The highest BCUT2D eigenvalue weighted by Crippen LogP contribution is 2.12. The summed E-state index contributed by atoms with van der Waals surface area (Å²) in [5.41, 5.74) is 1.03. The minimum Gasteiger partial charge on any atom is -0.506 e. The molecular weight excluding hydrogens is 152 g/mol. The van der Waals surface area contributed by atoms with Crippen LogP contribution in [0.25, 0.3) is 0 Å². The van der Waals surface area contributed by atoms with Gasteiger partial charge in [-0.15, -0.1) is 0 Å². The molecule has 0 bridgehead atoms. The van der Waals surface area contributed by atoms with E-state index in [1.807, 2.05) is 6.07 Å². The van der Waals surface area contributed by atoms with Gasteiger partial charge in [0, 0.05) is 6.54 Å². The topological polar surface area (TPSA) is 36.4 Å². The van der Waals surface area contributed by atoms with Gasteiger partial charge in [-0.3, -0.25) is 9.88 Å². The Morgan fingerprint density at radius 3 is 2.75 bits per heavy atom. The lowest BCUT2D eigenvalue weighted by molar-refractivity contribution is 0.170. The van der Waals surface area contributed by atoms with Crippen molar-refractivity contribution in [3.8, 4) is 5.75 Å². The van der Waals surface area contributed by atoms with Gasteiger partial charge in [-0.25, -0.2) is 0 Å². The highest BCUT2D eigenvalue weighted by molar-refractivity contribution is 5.17. The number of nitrogens with zero attached hydrogens (tertiary/aromatic N) is 2. The Balaban J connectivity index is 1.98. The molecule has 1 aromatic heterocycles. The molecule has 1 N–H and O–H groups in total. The zero-order chi connectivity index (χ0) is 8.39. The van der Waals surface area contributed by atoms with E-state index in [1.165, 1.54) is 25.7 Å². The molecule has 2 rings (SSSR count). The summed E-state index contributed by atoms with van der Waals surface area (Å²) in [6, 6.07) is 3.55. The molecule has 0 radical (unpaired) electrons. The minimum absolute atomic E-state index is 0.238. The maximum Gasteiger partial charge on any atom is 0.133 e. The summed E-state index contributed by atoms with van der Waals surface area (Å²) in [7, 11) is 0. The fraction of sp³-hybridized carbons (Fsp3) is 0.444. The first-order chi connectivity index (χ1) is 5.84. The summed E-state index contributed by atoms with van der Waals surface area (Å²) in [6.07, 6.45) is 2.80. The molecule has 0 unspecified atom stereocenters. The van der Waals surface area contributed by atoms with Gasteiger partial charge in [0.1, 0.15) is 5.75 Å². The van der Waals surface area contributed by atoms with Crippen molar-refractivity contribution in [1.82, 2.24) is 9.88 Å². The lowest BCUT2D eigenvalue weighted by Gasteiger charge is -2.30. The van der Waals surface area contributed by atoms with Crippen LogP contribution in [0.4, 0.5) is 0 Å². The number of hydrogen-bond donors (Lipinski definition) is 1. The second-order valence-electron chi connectivity index (χ2n) is 3.14. The highest BCUT2D eigenvalue weighted by Gasteiger charge is 2.13. The van der Waals surface area contributed by atoms with Crippen LogP contribution >= 0.6 is 0 Å². The van der Waals surface area contributed by atoms with Gasteiger partial charge in [0.05, 0.1) is 11.9 Å². The molecule has 0 saturated carbocycles. The third kappa shape index (κ3) is 1.56. The fourth-order valence-electron chi connectivity index (χ4n) is 1.28. The average molecular weight is 164 g/mol. The maximum atomic E-state index is 8.99. The molecule has 1 fully saturated rings. The Kier molecular flexibility index (Phi) is 1.96. The van der Waals surface area contributed by atoms with Gasteiger partial charge in [-0.1, -0.05) is 0 Å². The van der Waals surface area contributed by atoms with E-state index in [0.29, 0.717) is 0 Å². The first-order valence-electron chi connectivity index (χ1n) is 4.21. The summed E-state index contributed by atoms with van der Waals surface area (Å²) >= 11 is 0. The largest absolute Gasteiger partial charge is 0.506 e. The van der Waals surface area contributed by atoms with Crippen molar-refractivity contribution in [2.24, 2.45) is 0 Å². The number of pyridine rings is 1. The standard InChI is InChI=1S/C9H12N2O/c12-9-3-2-8(10-6-9)7-11-4-1-5-11/h2-3,6,12H,1,4-5,7H2. The number of aromatic hydroxyl groups is 1. The smallest absolute Gasteiger partial charge is 0.133 e. The van der Waals surface area contributed by atoms with Crippen molar-refractivity contribution in [2.75, 3.05) is 13.1 Å². The molecular formula is C9H12N2O.